The van der Waals surface area contributed by atoms with Gasteiger partial charge in [-0.05, 0) is 24.5 Å². The zero-order valence-corrected chi connectivity index (χ0v) is 10.5. The molecule has 17 heavy (non-hydrogen) atoms. The Morgan fingerprint density at radius 1 is 1.65 bits per heavy atom. The van der Waals surface area contributed by atoms with E-state index < -0.39 is 0 Å². The molecule has 0 radical (unpaired) electrons. The molecule has 0 aromatic carbocycles. The fourth-order valence-corrected chi connectivity index (χ4v) is 2.97. The number of nitrogens with zero attached hydrogens (tertiary/aromatic N) is 1. The summed E-state index contributed by atoms with van der Waals surface area (Å²) >= 11 is 1.82. The minimum Gasteiger partial charge on any atom is -0.382 e. The van der Waals surface area contributed by atoms with Crippen LogP contribution in [0.25, 0.3) is 0 Å². The monoisotopic (exact) mass is 251 g/mol. The van der Waals surface area contributed by atoms with Gasteiger partial charge < -0.3 is 10.5 Å². The summed E-state index contributed by atoms with van der Waals surface area (Å²) in [5, 5.41) is 7.46. The minimum atomic E-state index is 0.0401. The Labute approximate surface area is 105 Å². The molecule has 0 aliphatic carbocycles. The Kier molecular flexibility index (Phi) is 4.39. The minimum absolute atomic E-state index is 0.0401. The Balaban J connectivity index is 1.87. The number of thioether (sulfide) groups is 1. The van der Waals surface area contributed by atoms with Crippen LogP contribution in [0.3, 0.4) is 0 Å². The van der Waals surface area contributed by atoms with E-state index in [0.29, 0.717) is 11.8 Å². The lowest BCUT2D eigenvalue weighted by Crippen LogP contribution is -2.16. The first-order valence-electron chi connectivity index (χ1n) is 5.75. The lowest BCUT2D eigenvalue weighted by atomic mass is 10.2. The maximum atomic E-state index is 7.46. The highest BCUT2D eigenvalue weighted by atomic mass is 32.2. The highest BCUT2D eigenvalue weighted by Crippen LogP contribution is 2.21. The zero-order valence-electron chi connectivity index (χ0n) is 9.69. The molecule has 1 aliphatic rings. The van der Waals surface area contributed by atoms with Crippen molar-refractivity contribution in [1.82, 2.24) is 4.98 Å². The van der Waals surface area contributed by atoms with E-state index in [1.165, 1.54) is 12.8 Å². The number of aromatic nitrogens is 1. The average Bonchev–Trinajstić information content (AvgIpc) is 2.82. The van der Waals surface area contributed by atoms with Crippen LogP contribution in [-0.2, 0) is 10.5 Å². The molecule has 1 fully saturated rings. The predicted molar refractivity (Wildman–Crippen MR) is 70.4 cm³/mol. The summed E-state index contributed by atoms with van der Waals surface area (Å²) in [6, 6.07) is 3.86. The standard InChI is InChI=1S/C12H17N3OS/c13-12(14)11-9(3-1-5-15-11)7-17-8-10-4-2-6-16-10/h1,3,5,10H,2,4,6-8H2,(H3,13,14). The number of hydrogen-bond acceptors (Lipinski definition) is 4. The molecule has 0 bridgehead atoms. The van der Waals surface area contributed by atoms with Crippen molar-refractivity contribution in [3.05, 3.63) is 29.6 Å². The van der Waals surface area contributed by atoms with Gasteiger partial charge in [-0.2, -0.15) is 11.8 Å². The Morgan fingerprint density at radius 2 is 2.53 bits per heavy atom. The van der Waals surface area contributed by atoms with E-state index in [9.17, 15) is 0 Å². The molecule has 4 nitrogen and oxygen atoms in total. The quantitative estimate of drug-likeness (QED) is 0.618. The third kappa shape index (κ3) is 3.44. The Hall–Kier alpha value is -1.07. The largest absolute Gasteiger partial charge is 0.382 e. The first-order valence-corrected chi connectivity index (χ1v) is 6.90. The molecule has 92 valence electrons. The fourth-order valence-electron chi connectivity index (χ4n) is 1.87. The van der Waals surface area contributed by atoms with Crippen LogP contribution in [0.15, 0.2) is 18.3 Å². The van der Waals surface area contributed by atoms with Gasteiger partial charge in [-0.25, -0.2) is 0 Å². The number of nitrogens with one attached hydrogen (secondary N) is 1. The number of hydrogen-bond donors (Lipinski definition) is 2. The van der Waals surface area contributed by atoms with Crippen LogP contribution in [0.2, 0.25) is 0 Å². The average molecular weight is 251 g/mol. The smallest absolute Gasteiger partial charge is 0.142 e. The van der Waals surface area contributed by atoms with Crippen molar-refractivity contribution in [2.24, 2.45) is 5.73 Å². The summed E-state index contributed by atoms with van der Waals surface area (Å²) in [6.45, 7) is 0.900. The van der Waals surface area contributed by atoms with Crippen molar-refractivity contribution in [3.8, 4) is 0 Å². The molecule has 1 aliphatic heterocycles. The summed E-state index contributed by atoms with van der Waals surface area (Å²) in [5.41, 5.74) is 7.13. The SMILES string of the molecule is N=C(N)c1ncccc1CSCC1CCCO1. The van der Waals surface area contributed by atoms with Crippen molar-refractivity contribution >= 4 is 17.6 Å². The van der Waals surface area contributed by atoms with Crippen molar-refractivity contribution in [1.29, 1.82) is 5.41 Å². The number of nitrogens with two attached hydrogens (primary N) is 1. The van der Waals surface area contributed by atoms with E-state index >= 15 is 0 Å². The van der Waals surface area contributed by atoms with Crippen molar-refractivity contribution in [3.63, 3.8) is 0 Å². The van der Waals surface area contributed by atoms with Crippen molar-refractivity contribution in [2.75, 3.05) is 12.4 Å². The summed E-state index contributed by atoms with van der Waals surface area (Å²) in [4.78, 5) is 4.13. The van der Waals surface area contributed by atoms with Gasteiger partial charge in [-0.3, -0.25) is 10.4 Å². The number of rotatable bonds is 5. The lowest BCUT2D eigenvalue weighted by Gasteiger charge is -2.10. The van der Waals surface area contributed by atoms with Crippen LogP contribution in [0.1, 0.15) is 24.1 Å². The maximum Gasteiger partial charge on any atom is 0.142 e. The van der Waals surface area contributed by atoms with E-state index in [-0.39, 0.29) is 5.84 Å². The van der Waals surface area contributed by atoms with Gasteiger partial charge in [0.2, 0.25) is 0 Å². The van der Waals surface area contributed by atoms with Crippen LogP contribution >= 0.6 is 11.8 Å². The fraction of sp³-hybridized carbons (Fsp3) is 0.500. The molecule has 0 amide bonds. The van der Waals surface area contributed by atoms with Crippen LogP contribution in [0.5, 0.6) is 0 Å². The molecule has 0 saturated carbocycles. The predicted octanol–water partition coefficient (Wildman–Crippen LogP) is 1.78. The number of ether oxygens (including phenoxy) is 1. The third-order valence-corrected chi connectivity index (χ3v) is 3.85. The topological polar surface area (TPSA) is 72.0 Å². The van der Waals surface area contributed by atoms with Gasteiger partial charge >= 0.3 is 0 Å². The van der Waals surface area contributed by atoms with E-state index in [2.05, 4.69) is 4.98 Å². The highest BCUT2D eigenvalue weighted by molar-refractivity contribution is 7.98. The molecule has 3 N–H and O–H groups in total. The lowest BCUT2D eigenvalue weighted by molar-refractivity contribution is 0.129. The summed E-state index contributed by atoms with van der Waals surface area (Å²) in [5.74, 6) is 1.88. The molecule has 0 spiro atoms. The second kappa shape index (κ2) is 6.02. The third-order valence-electron chi connectivity index (χ3n) is 2.73. The molecule has 1 aromatic rings. The number of amidine groups is 1. The maximum absolute atomic E-state index is 7.46. The molecule has 2 heterocycles. The van der Waals surface area contributed by atoms with Crippen molar-refractivity contribution in [2.45, 2.75) is 24.7 Å². The molecule has 1 unspecified atom stereocenters. The van der Waals surface area contributed by atoms with E-state index in [0.717, 1.165) is 23.7 Å². The summed E-state index contributed by atoms with van der Waals surface area (Å²) < 4.78 is 5.57. The van der Waals surface area contributed by atoms with E-state index in [1.807, 2.05) is 23.9 Å². The first-order chi connectivity index (χ1) is 8.27. The van der Waals surface area contributed by atoms with Gasteiger partial charge in [0.25, 0.3) is 0 Å². The highest BCUT2D eigenvalue weighted by Gasteiger charge is 2.15. The first kappa shape index (κ1) is 12.4. The van der Waals surface area contributed by atoms with E-state index in [4.69, 9.17) is 15.9 Å². The van der Waals surface area contributed by atoms with Crippen molar-refractivity contribution < 1.29 is 4.74 Å². The Morgan fingerprint density at radius 3 is 3.24 bits per heavy atom. The second-order valence-electron chi connectivity index (χ2n) is 4.07. The summed E-state index contributed by atoms with van der Waals surface area (Å²) in [7, 11) is 0. The molecular weight excluding hydrogens is 234 g/mol. The normalized spacial score (nSPS) is 19.4. The molecule has 2 rings (SSSR count). The molecular formula is C12H17N3OS. The van der Waals surface area contributed by atoms with Gasteiger partial charge in [-0.15, -0.1) is 0 Å². The summed E-state index contributed by atoms with van der Waals surface area (Å²) in [6.07, 6.45) is 4.42. The van der Waals surface area contributed by atoms with Gasteiger partial charge in [0, 0.05) is 24.3 Å². The molecule has 1 saturated heterocycles. The number of nitrogen functional groups attached to an aromatic ring is 1. The van der Waals surface area contributed by atoms with Gasteiger partial charge in [0.15, 0.2) is 0 Å². The molecule has 1 atom stereocenters. The van der Waals surface area contributed by atoms with Gasteiger partial charge in [0.1, 0.15) is 11.5 Å². The van der Waals surface area contributed by atoms with Crippen LogP contribution in [0, 0.1) is 5.41 Å². The van der Waals surface area contributed by atoms with Crippen LogP contribution in [0.4, 0.5) is 0 Å². The zero-order chi connectivity index (χ0) is 12.1. The van der Waals surface area contributed by atoms with Gasteiger partial charge in [0.05, 0.1) is 6.10 Å². The van der Waals surface area contributed by atoms with E-state index in [1.54, 1.807) is 6.20 Å². The number of pyridine rings is 1. The molecule has 1 aromatic heterocycles. The Bertz CT molecular complexity index is 391. The van der Waals surface area contributed by atoms with Crippen LogP contribution < -0.4 is 5.73 Å². The second-order valence-corrected chi connectivity index (χ2v) is 5.11. The molecule has 5 heteroatoms. The van der Waals surface area contributed by atoms with Crippen LogP contribution in [-0.4, -0.2) is 29.3 Å². The van der Waals surface area contributed by atoms with Gasteiger partial charge in [-0.1, -0.05) is 6.07 Å².